The summed E-state index contributed by atoms with van der Waals surface area (Å²) in [6, 6.07) is 21.4. The lowest BCUT2D eigenvalue weighted by atomic mass is 10.1. The van der Waals surface area contributed by atoms with Crippen molar-refractivity contribution in [3.05, 3.63) is 95.1 Å². The number of hydrogen-bond donors (Lipinski definition) is 1. The van der Waals surface area contributed by atoms with E-state index in [1.807, 2.05) is 69.3 Å². The van der Waals surface area contributed by atoms with Gasteiger partial charge in [0, 0.05) is 12.1 Å². The number of nitrogens with one attached hydrogen (secondary N) is 1. The van der Waals surface area contributed by atoms with E-state index >= 15 is 0 Å². The first-order valence-corrected chi connectivity index (χ1v) is 12.4. The number of amides is 1. The molecule has 3 rings (SSSR count). The van der Waals surface area contributed by atoms with Crippen LogP contribution >= 0.6 is 0 Å². The van der Waals surface area contributed by atoms with E-state index in [4.69, 9.17) is 4.74 Å². The van der Waals surface area contributed by atoms with Crippen LogP contribution in [0.3, 0.4) is 0 Å². The van der Waals surface area contributed by atoms with Crippen molar-refractivity contribution in [2.45, 2.75) is 32.2 Å². The van der Waals surface area contributed by atoms with Crippen LogP contribution in [-0.4, -0.2) is 38.0 Å². The summed E-state index contributed by atoms with van der Waals surface area (Å²) in [7, 11) is -3.91. The van der Waals surface area contributed by atoms with Crippen molar-refractivity contribution in [3.63, 3.8) is 0 Å². The quantitative estimate of drug-likeness (QED) is 0.351. The van der Waals surface area contributed by atoms with E-state index < -0.39 is 15.9 Å². The molecule has 7 nitrogen and oxygen atoms in total. The van der Waals surface area contributed by atoms with E-state index in [2.05, 4.69) is 10.5 Å². The molecule has 0 heterocycles. The molecule has 0 aliphatic carbocycles. The van der Waals surface area contributed by atoms with Crippen molar-refractivity contribution in [2.24, 2.45) is 5.10 Å². The van der Waals surface area contributed by atoms with Gasteiger partial charge >= 0.3 is 0 Å². The molecule has 1 amide bonds. The number of ether oxygens (including phenoxy) is 1. The second-order valence-electron chi connectivity index (χ2n) is 7.84. The minimum absolute atomic E-state index is 0.0577. The van der Waals surface area contributed by atoms with Crippen molar-refractivity contribution < 1.29 is 17.9 Å². The molecule has 0 unspecified atom stereocenters. The van der Waals surface area contributed by atoms with E-state index in [1.54, 1.807) is 24.3 Å². The van der Waals surface area contributed by atoms with Crippen molar-refractivity contribution in [2.75, 3.05) is 13.2 Å². The molecule has 0 saturated heterocycles. The highest BCUT2D eigenvalue weighted by Gasteiger charge is 2.27. The van der Waals surface area contributed by atoms with Crippen molar-refractivity contribution in [1.29, 1.82) is 0 Å². The predicted octanol–water partition coefficient (Wildman–Crippen LogP) is 4.04. The summed E-state index contributed by atoms with van der Waals surface area (Å²) < 4.78 is 33.4. The third-order valence-corrected chi connectivity index (χ3v) is 6.84. The van der Waals surface area contributed by atoms with Crippen LogP contribution in [0.4, 0.5) is 0 Å². The van der Waals surface area contributed by atoms with Gasteiger partial charge in [-0.05, 0) is 50.6 Å². The fourth-order valence-corrected chi connectivity index (χ4v) is 4.73. The van der Waals surface area contributed by atoms with E-state index in [-0.39, 0.29) is 18.0 Å². The van der Waals surface area contributed by atoms with E-state index in [0.717, 1.165) is 21.0 Å². The normalized spacial score (nSPS) is 11.6. The summed E-state index contributed by atoms with van der Waals surface area (Å²) in [4.78, 5) is 12.8. The van der Waals surface area contributed by atoms with Gasteiger partial charge in [0.2, 0.25) is 10.0 Å². The first-order valence-electron chi connectivity index (χ1n) is 11.0. The molecule has 8 heteroatoms. The lowest BCUT2D eigenvalue weighted by molar-refractivity contribution is -0.121. The molecule has 34 heavy (non-hydrogen) atoms. The van der Waals surface area contributed by atoms with Crippen LogP contribution < -0.4 is 10.2 Å². The molecule has 0 spiro atoms. The standard InChI is InChI=1S/C26H29N3O4S/c1-4-33-25-11-6-5-10-23(25)17-27-28-26(30)19-29(18-22-9-7-8-21(3)16-22)34(31,32)24-14-12-20(2)13-15-24/h5-17H,4,18-19H2,1-3H3,(H,28,30)/b27-17-. The zero-order chi connectivity index (χ0) is 24.6. The number of hydrazone groups is 1. The van der Waals surface area contributed by atoms with E-state index in [1.165, 1.54) is 6.21 Å². The second-order valence-corrected chi connectivity index (χ2v) is 9.78. The molecule has 0 aliphatic rings. The molecule has 0 fully saturated rings. The lowest BCUT2D eigenvalue weighted by Crippen LogP contribution is -2.39. The molecule has 1 N–H and O–H groups in total. The average Bonchev–Trinajstić information content (AvgIpc) is 2.80. The fourth-order valence-electron chi connectivity index (χ4n) is 3.34. The van der Waals surface area contributed by atoms with Gasteiger partial charge in [0.05, 0.1) is 24.3 Å². The molecule has 0 atom stereocenters. The molecule has 3 aromatic carbocycles. The number of carbonyl (C=O) groups is 1. The van der Waals surface area contributed by atoms with Crippen LogP contribution in [0.25, 0.3) is 0 Å². The van der Waals surface area contributed by atoms with Gasteiger partial charge in [-0.15, -0.1) is 0 Å². The Morgan fingerprint density at radius 1 is 1.00 bits per heavy atom. The van der Waals surface area contributed by atoms with Crippen LogP contribution in [0, 0.1) is 13.8 Å². The van der Waals surface area contributed by atoms with Gasteiger partial charge in [0.1, 0.15) is 5.75 Å². The number of nitrogens with zero attached hydrogens (tertiary/aromatic N) is 2. The molecular formula is C26H29N3O4S. The van der Waals surface area contributed by atoms with Crippen LogP contribution in [0.15, 0.2) is 82.8 Å². The minimum Gasteiger partial charge on any atom is -0.493 e. The molecule has 0 radical (unpaired) electrons. The average molecular weight is 480 g/mol. The highest BCUT2D eigenvalue weighted by molar-refractivity contribution is 7.89. The zero-order valence-electron chi connectivity index (χ0n) is 19.6. The summed E-state index contributed by atoms with van der Waals surface area (Å²) >= 11 is 0. The Kier molecular flexibility index (Phi) is 8.56. The van der Waals surface area contributed by atoms with Crippen LogP contribution in [0.2, 0.25) is 0 Å². The lowest BCUT2D eigenvalue weighted by Gasteiger charge is -2.22. The van der Waals surface area contributed by atoms with Gasteiger partial charge < -0.3 is 4.74 Å². The Hall–Kier alpha value is -3.49. The zero-order valence-corrected chi connectivity index (χ0v) is 20.4. The molecule has 178 valence electrons. The molecule has 3 aromatic rings. The minimum atomic E-state index is -3.91. The summed E-state index contributed by atoms with van der Waals surface area (Å²) in [5, 5.41) is 4.00. The van der Waals surface area contributed by atoms with Crippen LogP contribution in [0.1, 0.15) is 29.2 Å². The van der Waals surface area contributed by atoms with Crippen LogP contribution in [0.5, 0.6) is 5.75 Å². The van der Waals surface area contributed by atoms with Gasteiger partial charge in [-0.2, -0.15) is 9.41 Å². The maximum Gasteiger partial charge on any atom is 0.255 e. The first kappa shape index (κ1) is 25.1. The number of hydrogen-bond acceptors (Lipinski definition) is 5. The third kappa shape index (κ3) is 6.76. The summed E-state index contributed by atoms with van der Waals surface area (Å²) in [6.45, 7) is 5.88. The number of carbonyl (C=O) groups excluding carboxylic acids is 1. The Bertz CT molecular complexity index is 1260. The van der Waals surface area contributed by atoms with Gasteiger partial charge in [0.25, 0.3) is 5.91 Å². The molecule has 0 saturated carbocycles. The topological polar surface area (TPSA) is 88.1 Å². The molecule has 0 bridgehead atoms. The Morgan fingerprint density at radius 3 is 2.44 bits per heavy atom. The Balaban J connectivity index is 1.79. The largest absolute Gasteiger partial charge is 0.493 e. The predicted molar refractivity (Wildman–Crippen MR) is 133 cm³/mol. The van der Waals surface area contributed by atoms with Crippen molar-refractivity contribution >= 4 is 22.1 Å². The first-order chi connectivity index (χ1) is 16.3. The van der Waals surface area contributed by atoms with E-state index in [0.29, 0.717) is 17.9 Å². The maximum atomic E-state index is 13.4. The summed E-state index contributed by atoms with van der Waals surface area (Å²) in [5.74, 6) is 0.0968. The van der Waals surface area contributed by atoms with Gasteiger partial charge in [0.15, 0.2) is 0 Å². The van der Waals surface area contributed by atoms with Crippen molar-refractivity contribution in [1.82, 2.24) is 9.73 Å². The Labute approximate surface area is 201 Å². The van der Waals surface area contributed by atoms with Gasteiger partial charge in [-0.3, -0.25) is 4.79 Å². The molecule has 0 aliphatic heterocycles. The third-order valence-electron chi connectivity index (χ3n) is 5.03. The highest BCUT2D eigenvalue weighted by atomic mass is 32.2. The highest BCUT2D eigenvalue weighted by Crippen LogP contribution is 2.20. The molecule has 0 aromatic heterocycles. The van der Waals surface area contributed by atoms with E-state index in [9.17, 15) is 13.2 Å². The SMILES string of the molecule is CCOc1ccccc1/C=N\NC(=O)CN(Cc1cccc(C)c1)S(=O)(=O)c1ccc(C)cc1. The maximum absolute atomic E-state index is 13.4. The van der Waals surface area contributed by atoms with Crippen LogP contribution in [-0.2, 0) is 21.4 Å². The summed E-state index contributed by atoms with van der Waals surface area (Å²) in [5.41, 5.74) is 5.88. The number of aryl methyl sites for hydroxylation is 2. The number of benzene rings is 3. The number of para-hydroxylation sites is 1. The number of sulfonamides is 1. The molecular weight excluding hydrogens is 450 g/mol. The van der Waals surface area contributed by atoms with Crippen molar-refractivity contribution in [3.8, 4) is 5.75 Å². The van der Waals surface area contributed by atoms with Gasteiger partial charge in [-0.25, -0.2) is 13.8 Å². The monoisotopic (exact) mass is 479 g/mol. The summed E-state index contributed by atoms with van der Waals surface area (Å²) in [6.07, 6.45) is 1.47. The number of rotatable bonds is 10. The smallest absolute Gasteiger partial charge is 0.255 e. The second kappa shape index (κ2) is 11.6. The van der Waals surface area contributed by atoms with Gasteiger partial charge in [-0.1, -0.05) is 59.7 Å². The Morgan fingerprint density at radius 2 is 1.74 bits per heavy atom. The fraction of sp³-hybridized carbons (Fsp3) is 0.231.